The molecule has 2 nitrogen and oxygen atoms in total. The molecule has 0 aliphatic carbocycles. The lowest BCUT2D eigenvalue weighted by Gasteiger charge is -2.27. The van der Waals surface area contributed by atoms with Gasteiger partial charge in [0, 0.05) is 18.0 Å². The maximum atomic E-state index is 6.43. The van der Waals surface area contributed by atoms with E-state index in [-0.39, 0.29) is 6.04 Å². The highest BCUT2D eigenvalue weighted by Crippen LogP contribution is 2.33. The summed E-state index contributed by atoms with van der Waals surface area (Å²) >= 11 is 8.20. The number of anilines is 1. The van der Waals surface area contributed by atoms with Gasteiger partial charge in [-0.25, -0.2) is 0 Å². The van der Waals surface area contributed by atoms with E-state index < -0.39 is 0 Å². The molecule has 4 heteroatoms. The third-order valence-electron chi connectivity index (χ3n) is 3.49. The van der Waals surface area contributed by atoms with Crippen LogP contribution in [-0.2, 0) is 6.42 Å². The summed E-state index contributed by atoms with van der Waals surface area (Å²) < 4.78 is 0. The number of hydrogen-bond donors (Lipinski definition) is 1. The van der Waals surface area contributed by atoms with Gasteiger partial charge in [-0.3, -0.25) is 0 Å². The minimum Gasteiger partial charge on any atom is -0.366 e. The number of rotatable bonds is 5. The fourth-order valence-electron chi connectivity index (χ4n) is 2.26. The van der Waals surface area contributed by atoms with Crippen LogP contribution in [-0.4, -0.2) is 13.1 Å². The Hall–Kier alpha value is -1.03. The van der Waals surface area contributed by atoms with Crippen molar-refractivity contribution in [1.29, 1.82) is 0 Å². The van der Waals surface area contributed by atoms with Crippen LogP contribution < -0.4 is 10.6 Å². The second kappa shape index (κ2) is 6.61. The van der Waals surface area contributed by atoms with Crippen LogP contribution in [0.15, 0.2) is 35.7 Å². The normalized spacial score (nSPS) is 14.1. The maximum Gasteiger partial charge on any atom is 0.0642 e. The number of nitrogens with two attached hydrogens (primary N) is 1. The highest BCUT2D eigenvalue weighted by molar-refractivity contribution is 7.10. The highest BCUT2D eigenvalue weighted by atomic mass is 35.5. The molecule has 1 aromatic heterocycles. The molecule has 0 aliphatic heterocycles. The van der Waals surface area contributed by atoms with E-state index >= 15 is 0 Å². The van der Waals surface area contributed by atoms with Crippen molar-refractivity contribution in [2.45, 2.75) is 32.4 Å². The molecule has 2 atom stereocenters. The minimum atomic E-state index is 0.152. The molecule has 0 aliphatic rings. The zero-order valence-corrected chi connectivity index (χ0v) is 13.7. The Bertz CT molecular complexity index is 552. The lowest BCUT2D eigenvalue weighted by molar-refractivity contribution is 0.735. The number of thiophene rings is 1. The van der Waals surface area contributed by atoms with Crippen LogP contribution in [0.1, 0.15) is 30.3 Å². The topological polar surface area (TPSA) is 29.3 Å². The first-order chi connectivity index (χ1) is 9.49. The van der Waals surface area contributed by atoms with E-state index in [9.17, 15) is 0 Å². The predicted molar refractivity (Wildman–Crippen MR) is 89.9 cm³/mol. The first-order valence-electron chi connectivity index (χ1n) is 6.79. The lowest BCUT2D eigenvalue weighted by Crippen LogP contribution is -2.21. The van der Waals surface area contributed by atoms with Crippen molar-refractivity contribution >= 4 is 28.6 Å². The van der Waals surface area contributed by atoms with Crippen molar-refractivity contribution in [3.63, 3.8) is 0 Å². The van der Waals surface area contributed by atoms with Crippen LogP contribution in [0.25, 0.3) is 0 Å². The highest BCUT2D eigenvalue weighted by Gasteiger charge is 2.16. The first-order valence-corrected chi connectivity index (χ1v) is 8.05. The Morgan fingerprint density at radius 1 is 1.30 bits per heavy atom. The van der Waals surface area contributed by atoms with Crippen LogP contribution in [0.5, 0.6) is 0 Å². The Kier molecular flexibility index (Phi) is 5.08. The SMILES string of the molecule is CC(N)Cc1ccc(N(C)C(C)c2cccs2)c(Cl)c1. The Morgan fingerprint density at radius 2 is 2.05 bits per heavy atom. The van der Waals surface area contributed by atoms with Crippen LogP contribution in [0.3, 0.4) is 0 Å². The van der Waals surface area contributed by atoms with Crippen LogP contribution in [0.2, 0.25) is 5.02 Å². The standard InChI is InChI=1S/C16H21ClN2S/c1-11(18)9-13-6-7-15(14(17)10-13)19(3)12(2)16-5-4-8-20-16/h4-8,10-12H,9,18H2,1-3H3. The molecule has 0 radical (unpaired) electrons. The summed E-state index contributed by atoms with van der Waals surface area (Å²) in [5.74, 6) is 0. The van der Waals surface area contributed by atoms with Crippen molar-refractivity contribution in [3.05, 3.63) is 51.2 Å². The van der Waals surface area contributed by atoms with E-state index in [4.69, 9.17) is 17.3 Å². The molecule has 0 amide bonds. The molecule has 0 fully saturated rings. The van der Waals surface area contributed by atoms with Gasteiger partial charge >= 0.3 is 0 Å². The van der Waals surface area contributed by atoms with Gasteiger partial charge < -0.3 is 10.6 Å². The van der Waals surface area contributed by atoms with Crippen LogP contribution >= 0.6 is 22.9 Å². The minimum absolute atomic E-state index is 0.152. The first kappa shape index (κ1) is 15.4. The summed E-state index contributed by atoms with van der Waals surface area (Å²) in [4.78, 5) is 3.55. The molecular formula is C16H21ClN2S. The number of nitrogens with zero attached hydrogens (tertiary/aromatic N) is 1. The zero-order chi connectivity index (χ0) is 14.7. The molecule has 1 heterocycles. The summed E-state index contributed by atoms with van der Waals surface area (Å²) in [5, 5.41) is 2.89. The summed E-state index contributed by atoms with van der Waals surface area (Å²) in [7, 11) is 2.08. The molecule has 0 bridgehead atoms. The largest absolute Gasteiger partial charge is 0.366 e. The maximum absolute atomic E-state index is 6.43. The van der Waals surface area contributed by atoms with Gasteiger partial charge in [-0.2, -0.15) is 0 Å². The Labute approximate surface area is 130 Å². The van der Waals surface area contributed by atoms with Gasteiger partial charge in [-0.05, 0) is 49.4 Å². The van der Waals surface area contributed by atoms with E-state index in [0.717, 1.165) is 17.1 Å². The van der Waals surface area contributed by atoms with Crippen molar-refractivity contribution in [2.24, 2.45) is 5.73 Å². The van der Waals surface area contributed by atoms with Gasteiger partial charge in [-0.1, -0.05) is 23.7 Å². The average Bonchev–Trinajstić information content (AvgIpc) is 2.90. The smallest absolute Gasteiger partial charge is 0.0642 e. The van der Waals surface area contributed by atoms with Crippen LogP contribution in [0, 0.1) is 0 Å². The molecule has 20 heavy (non-hydrogen) atoms. The summed E-state index contributed by atoms with van der Waals surface area (Å²) in [6.45, 7) is 4.20. The van der Waals surface area contributed by atoms with Gasteiger partial charge in [0.1, 0.15) is 0 Å². The lowest BCUT2D eigenvalue weighted by atomic mass is 10.1. The molecule has 2 rings (SSSR count). The molecule has 0 saturated heterocycles. The van der Waals surface area contributed by atoms with E-state index in [0.29, 0.717) is 6.04 Å². The number of halogens is 1. The number of hydrogen-bond acceptors (Lipinski definition) is 3. The van der Waals surface area contributed by atoms with Gasteiger partial charge in [0.25, 0.3) is 0 Å². The van der Waals surface area contributed by atoms with E-state index in [1.165, 1.54) is 10.4 Å². The van der Waals surface area contributed by atoms with Gasteiger partial charge in [0.15, 0.2) is 0 Å². The van der Waals surface area contributed by atoms with Crippen molar-refractivity contribution in [2.75, 3.05) is 11.9 Å². The van der Waals surface area contributed by atoms with Crippen molar-refractivity contribution in [3.8, 4) is 0 Å². The molecule has 2 aromatic rings. The van der Waals surface area contributed by atoms with E-state index in [2.05, 4.69) is 48.5 Å². The third-order valence-corrected chi connectivity index (χ3v) is 4.83. The average molecular weight is 309 g/mol. The second-order valence-corrected chi connectivity index (χ2v) is 6.66. The molecule has 0 spiro atoms. The number of benzene rings is 1. The third kappa shape index (κ3) is 3.54. The van der Waals surface area contributed by atoms with Crippen molar-refractivity contribution in [1.82, 2.24) is 0 Å². The van der Waals surface area contributed by atoms with Crippen molar-refractivity contribution < 1.29 is 0 Å². The Morgan fingerprint density at radius 3 is 2.60 bits per heavy atom. The molecular weight excluding hydrogens is 288 g/mol. The molecule has 108 valence electrons. The van der Waals surface area contributed by atoms with Gasteiger partial charge in [0.2, 0.25) is 0 Å². The summed E-state index contributed by atoms with van der Waals surface area (Å²) in [5.41, 5.74) is 8.08. The molecule has 2 N–H and O–H groups in total. The summed E-state index contributed by atoms with van der Waals surface area (Å²) in [6, 6.07) is 10.9. The molecule has 2 unspecified atom stereocenters. The zero-order valence-electron chi connectivity index (χ0n) is 12.1. The fraction of sp³-hybridized carbons (Fsp3) is 0.375. The van der Waals surface area contributed by atoms with Gasteiger partial charge in [-0.15, -0.1) is 11.3 Å². The molecule has 0 saturated carbocycles. The van der Waals surface area contributed by atoms with E-state index in [1.807, 2.05) is 13.0 Å². The molecule has 1 aromatic carbocycles. The quantitative estimate of drug-likeness (QED) is 0.882. The predicted octanol–water partition coefficient (Wildman–Crippen LogP) is 4.49. The summed E-state index contributed by atoms with van der Waals surface area (Å²) in [6.07, 6.45) is 0.851. The fourth-order valence-corrected chi connectivity index (χ4v) is 3.43. The Balaban J connectivity index is 2.20. The van der Waals surface area contributed by atoms with Crippen LogP contribution in [0.4, 0.5) is 5.69 Å². The van der Waals surface area contributed by atoms with Gasteiger partial charge in [0.05, 0.1) is 16.8 Å². The second-order valence-electron chi connectivity index (χ2n) is 5.27. The van der Waals surface area contributed by atoms with E-state index in [1.54, 1.807) is 11.3 Å². The monoisotopic (exact) mass is 308 g/mol.